The van der Waals surface area contributed by atoms with E-state index >= 15 is 0 Å². The van der Waals surface area contributed by atoms with E-state index in [2.05, 4.69) is 0 Å². The molecule has 0 bridgehead atoms. The molecule has 0 unspecified atom stereocenters. The Morgan fingerprint density at radius 1 is 1.14 bits per heavy atom. The first kappa shape index (κ1) is 21.0. The maximum absolute atomic E-state index is 12.2. The molecular formula is C18H18N2O7S2. The first-order chi connectivity index (χ1) is 13.5. The van der Waals surface area contributed by atoms with Gasteiger partial charge in [-0.3, -0.25) is 4.79 Å². The molecule has 9 nitrogen and oxygen atoms in total. The molecule has 1 aliphatic heterocycles. The third kappa shape index (κ3) is 5.19. The van der Waals surface area contributed by atoms with Gasteiger partial charge in [-0.05, 0) is 35.4 Å². The molecule has 0 atom stereocenters. The topological polar surface area (TPSA) is 127 Å². The highest BCUT2D eigenvalue weighted by molar-refractivity contribution is 7.90. The summed E-state index contributed by atoms with van der Waals surface area (Å²) in [5, 5.41) is 0. The number of ether oxygens (including phenoxy) is 1. The average molecular weight is 438 g/mol. The number of carbonyl (C=O) groups is 2. The van der Waals surface area contributed by atoms with Gasteiger partial charge in [-0.1, -0.05) is 24.3 Å². The Labute approximate surface area is 168 Å². The summed E-state index contributed by atoms with van der Waals surface area (Å²) in [7, 11) is -7.17. The van der Waals surface area contributed by atoms with Crippen molar-refractivity contribution in [3.8, 4) is 0 Å². The van der Waals surface area contributed by atoms with Crippen molar-refractivity contribution in [2.45, 2.75) is 18.0 Å². The van der Waals surface area contributed by atoms with Crippen molar-refractivity contribution < 1.29 is 31.2 Å². The van der Waals surface area contributed by atoms with E-state index < -0.39 is 31.9 Å². The summed E-state index contributed by atoms with van der Waals surface area (Å²) in [5.74, 6) is -1.20. The summed E-state index contributed by atoms with van der Waals surface area (Å²) < 4.78 is 54.7. The first-order valence-electron chi connectivity index (χ1n) is 8.40. The van der Waals surface area contributed by atoms with Crippen LogP contribution in [0.3, 0.4) is 0 Å². The number of nitrogens with one attached hydrogen (secondary N) is 1. The zero-order chi connectivity index (χ0) is 21.2. The SMILES string of the molecule is CS(=O)(=O)c1cccc(COC(=O)c2ccc(CN3CC(=O)NS3(=O)=O)cc2)c1. The second-order valence-electron chi connectivity index (χ2n) is 6.49. The van der Waals surface area contributed by atoms with Crippen LogP contribution in [-0.2, 0) is 42.7 Å². The molecule has 1 amide bonds. The molecule has 11 heteroatoms. The third-order valence-corrected chi connectivity index (χ3v) is 6.68. The van der Waals surface area contributed by atoms with E-state index in [0.717, 1.165) is 10.6 Å². The molecule has 1 heterocycles. The summed E-state index contributed by atoms with van der Waals surface area (Å²) >= 11 is 0. The van der Waals surface area contributed by atoms with Crippen LogP contribution in [0.4, 0.5) is 0 Å². The lowest BCUT2D eigenvalue weighted by Crippen LogP contribution is -2.29. The highest BCUT2D eigenvalue weighted by Gasteiger charge is 2.33. The van der Waals surface area contributed by atoms with Crippen LogP contribution in [0.5, 0.6) is 0 Å². The Hall–Kier alpha value is -2.76. The standard InChI is InChI=1S/C18H18N2O7S2/c1-28(23,24)16-4-2-3-14(9-16)12-27-18(22)15-7-5-13(6-8-15)10-20-11-17(21)19-29(20,25)26/h2-9H,10-12H2,1H3,(H,19,21). The minimum Gasteiger partial charge on any atom is -0.457 e. The van der Waals surface area contributed by atoms with Crippen molar-refractivity contribution in [1.29, 1.82) is 0 Å². The van der Waals surface area contributed by atoms with Gasteiger partial charge in [0.05, 0.1) is 17.0 Å². The molecule has 29 heavy (non-hydrogen) atoms. The lowest BCUT2D eigenvalue weighted by molar-refractivity contribution is -0.118. The monoisotopic (exact) mass is 438 g/mol. The molecule has 0 aromatic heterocycles. The van der Waals surface area contributed by atoms with Crippen LogP contribution >= 0.6 is 0 Å². The van der Waals surface area contributed by atoms with E-state index in [-0.39, 0.29) is 30.2 Å². The van der Waals surface area contributed by atoms with Gasteiger partial charge < -0.3 is 4.74 Å². The van der Waals surface area contributed by atoms with Crippen molar-refractivity contribution in [1.82, 2.24) is 9.03 Å². The quantitative estimate of drug-likeness (QED) is 0.655. The summed E-state index contributed by atoms with van der Waals surface area (Å²) in [5.41, 5.74) is 1.39. The van der Waals surface area contributed by atoms with Gasteiger partial charge in [0, 0.05) is 12.8 Å². The molecule has 1 saturated heterocycles. The predicted molar refractivity (Wildman–Crippen MR) is 103 cm³/mol. The zero-order valence-corrected chi connectivity index (χ0v) is 17.0. The van der Waals surface area contributed by atoms with E-state index in [1.54, 1.807) is 24.3 Å². The van der Waals surface area contributed by atoms with Gasteiger partial charge in [0.1, 0.15) is 6.61 Å². The lowest BCUT2D eigenvalue weighted by atomic mass is 10.1. The van der Waals surface area contributed by atoms with Gasteiger partial charge in [-0.15, -0.1) is 0 Å². The number of hydrogen-bond donors (Lipinski definition) is 1. The van der Waals surface area contributed by atoms with Crippen LogP contribution in [0.15, 0.2) is 53.4 Å². The van der Waals surface area contributed by atoms with Gasteiger partial charge in [0.25, 0.3) is 0 Å². The molecular weight excluding hydrogens is 420 g/mol. The number of amides is 1. The van der Waals surface area contributed by atoms with Crippen LogP contribution in [0.25, 0.3) is 0 Å². The van der Waals surface area contributed by atoms with Crippen molar-refractivity contribution in [2.24, 2.45) is 0 Å². The summed E-state index contributed by atoms with van der Waals surface area (Å²) in [6.45, 7) is -0.350. The van der Waals surface area contributed by atoms with Crippen LogP contribution < -0.4 is 4.72 Å². The molecule has 0 aliphatic carbocycles. The number of sulfone groups is 1. The van der Waals surface area contributed by atoms with E-state index in [9.17, 15) is 26.4 Å². The molecule has 0 radical (unpaired) electrons. The van der Waals surface area contributed by atoms with Crippen LogP contribution in [0.1, 0.15) is 21.5 Å². The molecule has 1 N–H and O–H groups in total. The van der Waals surface area contributed by atoms with Crippen LogP contribution in [-0.4, -0.2) is 45.8 Å². The maximum Gasteiger partial charge on any atom is 0.338 e. The number of hydrogen-bond acceptors (Lipinski definition) is 7. The fourth-order valence-electron chi connectivity index (χ4n) is 2.67. The summed E-state index contributed by atoms with van der Waals surface area (Å²) in [4.78, 5) is 23.6. The Morgan fingerprint density at radius 3 is 2.41 bits per heavy atom. The molecule has 3 rings (SSSR count). The molecule has 2 aromatic carbocycles. The number of esters is 1. The van der Waals surface area contributed by atoms with Crippen LogP contribution in [0.2, 0.25) is 0 Å². The lowest BCUT2D eigenvalue weighted by Gasteiger charge is -2.12. The van der Waals surface area contributed by atoms with Gasteiger partial charge in [-0.25, -0.2) is 17.9 Å². The maximum atomic E-state index is 12.2. The summed E-state index contributed by atoms with van der Waals surface area (Å²) in [6.07, 6.45) is 1.10. The van der Waals surface area contributed by atoms with Crippen molar-refractivity contribution in [3.05, 3.63) is 65.2 Å². The molecule has 1 fully saturated rings. The average Bonchev–Trinajstić information content (AvgIpc) is 2.91. The normalized spacial score (nSPS) is 16.4. The third-order valence-electron chi connectivity index (χ3n) is 4.15. The second kappa shape index (κ2) is 7.93. The van der Waals surface area contributed by atoms with Gasteiger partial charge in [0.2, 0.25) is 5.91 Å². The van der Waals surface area contributed by atoms with Crippen molar-refractivity contribution in [3.63, 3.8) is 0 Å². The van der Waals surface area contributed by atoms with E-state index in [4.69, 9.17) is 4.74 Å². The van der Waals surface area contributed by atoms with Gasteiger partial charge >= 0.3 is 16.2 Å². The molecule has 0 saturated carbocycles. The number of nitrogens with zero attached hydrogens (tertiary/aromatic N) is 1. The Bertz CT molecular complexity index is 1160. The van der Waals surface area contributed by atoms with Crippen LogP contribution in [0, 0.1) is 0 Å². The number of benzene rings is 2. The van der Waals surface area contributed by atoms with Gasteiger partial charge in [0.15, 0.2) is 9.84 Å². The largest absolute Gasteiger partial charge is 0.457 e. The smallest absolute Gasteiger partial charge is 0.338 e. The predicted octanol–water partition coefficient (Wildman–Crippen LogP) is 0.624. The Kier molecular flexibility index (Phi) is 5.73. The first-order valence-corrected chi connectivity index (χ1v) is 11.7. The molecule has 1 aliphatic rings. The minimum atomic E-state index is -3.81. The minimum absolute atomic E-state index is 0.00527. The van der Waals surface area contributed by atoms with E-state index in [1.165, 1.54) is 24.3 Å². The Morgan fingerprint density at radius 2 is 1.83 bits per heavy atom. The highest BCUT2D eigenvalue weighted by atomic mass is 32.2. The Balaban J connectivity index is 1.62. The zero-order valence-electron chi connectivity index (χ0n) is 15.4. The second-order valence-corrected chi connectivity index (χ2v) is 10.2. The number of rotatable bonds is 6. The van der Waals surface area contributed by atoms with Crippen molar-refractivity contribution >= 4 is 31.9 Å². The molecule has 0 spiro atoms. The van der Waals surface area contributed by atoms with Crippen molar-refractivity contribution in [2.75, 3.05) is 12.8 Å². The molecule has 2 aromatic rings. The highest BCUT2D eigenvalue weighted by Crippen LogP contribution is 2.15. The fraction of sp³-hybridized carbons (Fsp3) is 0.222. The van der Waals surface area contributed by atoms with E-state index in [0.29, 0.717) is 11.1 Å². The summed E-state index contributed by atoms with van der Waals surface area (Å²) in [6, 6.07) is 12.2. The molecule has 154 valence electrons. The number of carbonyl (C=O) groups excluding carboxylic acids is 2. The fourth-order valence-corrected chi connectivity index (χ4v) is 4.45. The van der Waals surface area contributed by atoms with E-state index in [1.807, 2.05) is 4.72 Å². The van der Waals surface area contributed by atoms with Gasteiger partial charge in [-0.2, -0.15) is 12.7 Å².